The molecule has 0 aliphatic heterocycles. The van der Waals surface area contributed by atoms with Crippen molar-refractivity contribution in [2.45, 2.75) is 24.4 Å². The second-order valence-electron chi connectivity index (χ2n) is 3.97. The molecule has 0 saturated heterocycles. The smallest absolute Gasteiger partial charge is 0.322 e. The fraction of sp³-hybridized carbons (Fsp3) is 0.400. The highest BCUT2D eigenvalue weighted by molar-refractivity contribution is 7.89. The third-order valence-electron chi connectivity index (χ3n) is 2.38. The number of carbonyl (C=O) groups is 1. The van der Waals surface area contributed by atoms with Gasteiger partial charge < -0.3 is 9.67 Å². The molecule has 0 aromatic carbocycles. The van der Waals surface area contributed by atoms with Crippen LogP contribution in [-0.2, 0) is 21.9 Å². The van der Waals surface area contributed by atoms with Crippen LogP contribution in [0, 0.1) is 6.92 Å². The molecular formula is C10H14ClN3O4S. The largest absolute Gasteiger partial charge is 0.480 e. The maximum absolute atomic E-state index is 12.0. The second-order valence-corrected chi connectivity index (χ2v) is 6.17. The number of imidazole rings is 1. The lowest BCUT2D eigenvalue weighted by Crippen LogP contribution is -2.40. The Morgan fingerprint density at radius 2 is 2.26 bits per heavy atom. The number of aryl methyl sites for hydroxylation is 2. The fourth-order valence-corrected chi connectivity index (χ4v) is 2.69. The number of nitrogens with one attached hydrogen (secondary N) is 1. The Labute approximate surface area is 116 Å². The molecule has 7 nitrogen and oxygen atoms in total. The number of nitrogens with zero attached hydrogens (tertiary/aromatic N) is 2. The predicted molar refractivity (Wildman–Crippen MR) is 69.3 cm³/mol. The van der Waals surface area contributed by atoms with Crippen LogP contribution in [0.2, 0.25) is 0 Å². The molecule has 1 heterocycles. The van der Waals surface area contributed by atoms with Crippen LogP contribution >= 0.6 is 11.6 Å². The Morgan fingerprint density at radius 3 is 2.63 bits per heavy atom. The lowest BCUT2D eigenvalue weighted by Gasteiger charge is -2.12. The third kappa shape index (κ3) is 4.05. The fourth-order valence-electron chi connectivity index (χ4n) is 1.30. The molecule has 0 radical (unpaired) electrons. The van der Waals surface area contributed by atoms with Crippen LogP contribution in [0.3, 0.4) is 0 Å². The summed E-state index contributed by atoms with van der Waals surface area (Å²) in [6.07, 6.45) is 1.09. The minimum absolute atomic E-state index is 0.0484. The van der Waals surface area contributed by atoms with Crippen molar-refractivity contribution in [3.8, 4) is 0 Å². The first kappa shape index (κ1) is 15.7. The van der Waals surface area contributed by atoms with Crippen molar-refractivity contribution in [3.05, 3.63) is 23.6 Å². The highest BCUT2D eigenvalue weighted by atomic mass is 35.5. The van der Waals surface area contributed by atoms with Gasteiger partial charge in [0.25, 0.3) is 10.0 Å². The van der Waals surface area contributed by atoms with Crippen LogP contribution in [0.4, 0.5) is 0 Å². The SMILES string of the molecule is C=C(Cl)CC(NS(=O)(=O)c1cn(C)c(C)n1)C(=O)O. The molecule has 2 N–H and O–H groups in total. The Kier molecular flexibility index (Phi) is 4.72. The lowest BCUT2D eigenvalue weighted by molar-refractivity contribution is -0.138. The van der Waals surface area contributed by atoms with Gasteiger partial charge in [0.15, 0.2) is 5.03 Å². The number of sulfonamides is 1. The molecule has 0 amide bonds. The minimum atomic E-state index is -4.01. The molecule has 1 atom stereocenters. The van der Waals surface area contributed by atoms with E-state index in [4.69, 9.17) is 16.7 Å². The van der Waals surface area contributed by atoms with Gasteiger partial charge in [-0.3, -0.25) is 4.79 Å². The van der Waals surface area contributed by atoms with Crippen LogP contribution in [0.15, 0.2) is 22.8 Å². The van der Waals surface area contributed by atoms with E-state index in [9.17, 15) is 13.2 Å². The molecule has 0 aliphatic carbocycles. The van der Waals surface area contributed by atoms with Gasteiger partial charge in [0.1, 0.15) is 11.9 Å². The third-order valence-corrected chi connectivity index (χ3v) is 3.88. The monoisotopic (exact) mass is 307 g/mol. The maximum atomic E-state index is 12.0. The van der Waals surface area contributed by atoms with E-state index in [1.807, 2.05) is 4.72 Å². The van der Waals surface area contributed by atoms with E-state index >= 15 is 0 Å². The molecule has 1 unspecified atom stereocenters. The minimum Gasteiger partial charge on any atom is -0.480 e. The van der Waals surface area contributed by atoms with Gasteiger partial charge in [-0.05, 0) is 6.92 Å². The van der Waals surface area contributed by atoms with Crippen LogP contribution in [-0.4, -0.2) is 35.1 Å². The summed E-state index contributed by atoms with van der Waals surface area (Å²) in [6, 6.07) is -1.38. The predicted octanol–water partition coefficient (Wildman–Crippen LogP) is 0.603. The lowest BCUT2D eigenvalue weighted by atomic mass is 10.2. The molecule has 9 heteroatoms. The Balaban J connectivity index is 3.00. The molecular weight excluding hydrogens is 294 g/mol. The molecule has 19 heavy (non-hydrogen) atoms. The first-order valence-corrected chi connectivity index (χ1v) is 7.08. The highest BCUT2D eigenvalue weighted by Gasteiger charge is 2.27. The van der Waals surface area contributed by atoms with E-state index in [1.54, 1.807) is 14.0 Å². The Morgan fingerprint density at radius 1 is 1.68 bits per heavy atom. The molecule has 0 saturated carbocycles. The highest BCUT2D eigenvalue weighted by Crippen LogP contribution is 2.12. The van der Waals surface area contributed by atoms with E-state index in [0.29, 0.717) is 5.82 Å². The standard InChI is InChI=1S/C10H14ClN3O4S/c1-6(11)4-8(10(15)16)13-19(17,18)9-5-14(3)7(2)12-9/h5,8,13H,1,4H2,2-3H3,(H,15,16). The molecule has 0 aliphatic rings. The maximum Gasteiger partial charge on any atom is 0.322 e. The zero-order valence-electron chi connectivity index (χ0n) is 10.4. The molecule has 1 aromatic heterocycles. The van der Waals surface area contributed by atoms with E-state index in [1.165, 1.54) is 10.8 Å². The average molecular weight is 308 g/mol. The van der Waals surface area contributed by atoms with Crippen LogP contribution in [0.1, 0.15) is 12.2 Å². The van der Waals surface area contributed by atoms with Crippen molar-refractivity contribution >= 4 is 27.6 Å². The molecule has 0 bridgehead atoms. The summed E-state index contributed by atoms with van der Waals surface area (Å²) < 4.78 is 27.5. The van der Waals surface area contributed by atoms with Crippen molar-refractivity contribution in [1.82, 2.24) is 14.3 Å². The molecule has 0 spiro atoms. The number of halogens is 1. The van der Waals surface area contributed by atoms with E-state index in [-0.39, 0.29) is 16.5 Å². The Bertz CT molecular complexity index is 589. The molecule has 0 fully saturated rings. The van der Waals surface area contributed by atoms with Gasteiger partial charge in [-0.25, -0.2) is 13.4 Å². The van der Waals surface area contributed by atoms with Crippen LogP contribution in [0.25, 0.3) is 0 Å². The van der Waals surface area contributed by atoms with Gasteiger partial charge in [-0.1, -0.05) is 18.2 Å². The topological polar surface area (TPSA) is 101 Å². The number of aliphatic carboxylic acids is 1. The van der Waals surface area contributed by atoms with E-state index < -0.39 is 22.0 Å². The summed E-state index contributed by atoms with van der Waals surface area (Å²) in [5, 5.41) is 8.75. The van der Waals surface area contributed by atoms with Gasteiger partial charge in [-0.15, -0.1) is 0 Å². The van der Waals surface area contributed by atoms with Gasteiger partial charge in [0.2, 0.25) is 0 Å². The first-order valence-electron chi connectivity index (χ1n) is 5.22. The number of aromatic nitrogens is 2. The van der Waals surface area contributed by atoms with Crippen LogP contribution < -0.4 is 4.72 Å². The molecule has 106 valence electrons. The normalized spacial score (nSPS) is 13.2. The van der Waals surface area contributed by atoms with Gasteiger partial charge in [0, 0.05) is 24.7 Å². The van der Waals surface area contributed by atoms with Crippen molar-refractivity contribution < 1.29 is 18.3 Å². The first-order chi connectivity index (χ1) is 8.63. The summed E-state index contributed by atoms with van der Waals surface area (Å²) >= 11 is 5.51. The van der Waals surface area contributed by atoms with Crippen molar-refractivity contribution in [2.75, 3.05) is 0 Å². The van der Waals surface area contributed by atoms with Gasteiger partial charge in [-0.2, -0.15) is 4.72 Å². The average Bonchev–Trinajstić information content (AvgIpc) is 2.58. The molecule has 1 aromatic rings. The van der Waals surface area contributed by atoms with E-state index in [0.717, 1.165) is 0 Å². The second kappa shape index (κ2) is 5.72. The summed E-state index contributed by atoms with van der Waals surface area (Å²) in [5.74, 6) is -0.841. The van der Waals surface area contributed by atoms with Crippen molar-refractivity contribution in [1.29, 1.82) is 0 Å². The summed E-state index contributed by atoms with van der Waals surface area (Å²) in [4.78, 5) is 14.8. The zero-order valence-corrected chi connectivity index (χ0v) is 12.0. The number of rotatable bonds is 6. The number of hydrogen-bond acceptors (Lipinski definition) is 4. The zero-order chi connectivity index (χ0) is 14.8. The number of carboxylic acids is 1. The quantitative estimate of drug-likeness (QED) is 0.801. The summed E-state index contributed by atoms with van der Waals surface area (Å²) in [6.45, 7) is 4.98. The number of hydrogen-bond donors (Lipinski definition) is 2. The molecule has 1 rings (SSSR count). The van der Waals surface area contributed by atoms with E-state index in [2.05, 4.69) is 11.6 Å². The van der Waals surface area contributed by atoms with Crippen molar-refractivity contribution in [2.24, 2.45) is 7.05 Å². The summed E-state index contributed by atoms with van der Waals surface area (Å²) in [5.41, 5.74) is 0. The van der Waals surface area contributed by atoms with Crippen LogP contribution in [0.5, 0.6) is 0 Å². The number of carboxylic acid groups (broad SMARTS) is 1. The van der Waals surface area contributed by atoms with Gasteiger partial charge in [0.05, 0.1) is 0 Å². The van der Waals surface area contributed by atoms with Gasteiger partial charge >= 0.3 is 5.97 Å². The summed E-state index contributed by atoms with van der Waals surface area (Å²) in [7, 11) is -2.38. The van der Waals surface area contributed by atoms with Crippen molar-refractivity contribution in [3.63, 3.8) is 0 Å². The Hall–Kier alpha value is -1.38.